The third-order valence-electron chi connectivity index (χ3n) is 4.22. The average Bonchev–Trinajstić information content (AvgIpc) is 3.16. The topological polar surface area (TPSA) is 81.2 Å². The first-order chi connectivity index (χ1) is 13.9. The van der Waals surface area contributed by atoms with Crippen molar-refractivity contribution >= 4 is 39.9 Å². The number of ketones is 1. The van der Waals surface area contributed by atoms with Crippen molar-refractivity contribution in [3.8, 4) is 5.75 Å². The molecule has 0 spiro atoms. The Balaban J connectivity index is 1.51. The number of amides is 1. The van der Waals surface area contributed by atoms with Crippen molar-refractivity contribution < 1.29 is 14.3 Å². The lowest BCUT2D eigenvalue weighted by Crippen LogP contribution is -2.30. The Morgan fingerprint density at radius 3 is 2.59 bits per heavy atom. The Labute approximate surface area is 177 Å². The summed E-state index contributed by atoms with van der Waals surface area (Å²) in [6.45, 7) is 5.70. The molecule has 0 aliphatic heterocycles. The molecule has 29 heavy (non-hydrogen) atoms. The lowest BCUT2D eigenvalue weighted by molar-refractivity contribution is -0.122. The van der Waals surface area contributed by atoms with Gasteiger partial charge in [-0.05, 0) is 44.0 Å². The number of anilines is 1. The zero-order chi connectivity index (χ0) is 20.8. The maximum absolute atomic E-state index is 12.4. The van der Waals surface area contributed by atoms with Crippen LogP contribution in [0.5, 0.6) is 5.75 Å². The summed E-state index contributed by atoms with van der Waals surface area (Å²) in [5.74, 6) is 0.616. The van der Waals surface area contributed by atoms with Crippen molar-refractivity contribution in [3.63, 3.8) is 0 Å². The summed E-state index contributed by atoms with van der Waals surface area (Å²) in [5, 5.41) is 11.1. The molecular weight excluding hydrogens is 406 g/mol. The van der Waals surface area contributed by atoms with Crippen LogP contribution in [-0.2, 0) is 4.79 Å². The van der Waals surface area contributed by atoms with Crippen LogP contribution in [0.25, 0.3) is 0 Å². The fraction of sp³-hybridized carbons (Fsp3) is 0.238. The monoisotopic (exact) mass is 427 g/mol. The zero-order valence-corrected chi connectivity index (χ0v) is 18.0. The maximum atomic E-state index is 12.4. The number of thioether (sulfide) groups is 1. The van der Waals surface area contributed by atoms with Gasteiger partial charge in [-0.1, -0.05) is 59.5 Å². The van der Waals surface area contributed by atoms with E-state index >= 15 is 0 Å². The zero-order valence-electron chi connectivity index (χ0n) is 16.3. The molecule has 3 rings (SSSR count). The van der Waals surface area contributed by atoms with Crippen molar-refractivity contribution in [2.24, 2.45) is 0 Å². The fourth-order valence-electron chi connectivity index (χ4n) is 2.41. The van der Waals surface area contributed by atoms with Crippen molar-refractivity contribution in [3.05, 3.63) is 65.2 Å². The quantitative estimate of drug-likeness (QED) is 0.323. The van der Waals surface area contributed by atoms with Crippen LogP contribution in [0.1, 0.15) is 28.4 Å². The molecule has 0 radical (unpaired) electrons. The standard InChI is InChI=1S/C21H21N3O3S2/c1-13-9-10-17(11-14(13)2)27-15(3)19(26)22-20-23-24-21(29-20)28-12-18(25)16-7-5-4-6-8-16/h4-11,15H,12H2,1-3H3,(H,22,23,26)/t15-/m0/s1. The number of rotatable bonds is 8. The van der Waals surface area contributed by atoms with Crippen LogP contribution in [0.3, 0.4) is 0 Å². The van der Waals surface area contributed by atoms with Gasteiger partial charge in [0, 0.05) is 5.56 Å². The van der Waals surface area contributed by atoms with Crippen molar-refractivity contribution in [1.82, 2.24) is 10.2 Å². The van der Waals surface area contributed by atoms with E-state index in [0.29, 0.717) is 20.8 Å². The van der Waals surface area contributed by atoms with Gasteiger partial charge in [0.2, 0.25) is 5.13 Å². The van der Waals surface area contributed by atoms with Crippen LogP contribution in [-0.4, -0.2) is 33.7 Å². The molecule has 1 heterocycles. The molecule has 0 fully saturated rings. The van der Waals surface area contributed by atoms with E-state index in [1.54, 1.807) is 19.1 Å². The second-order valence-corrected chi connectivity index (χ2v) is 8.65. The first-order valence-corrected chi connectivity index (χ1v) is 10.8. The van der Waals surface area contributed by atoms with Crippen LogP contribution in [0.4, 0.5) is 5.13 Å². The number of hydrogen-bond donors (Lipinski definition) is 1. The van der Waals surface area contributed by atoms with E-state index in [-0.39, 0.29) is 17.4 Å². The Kier molecular flexibility index (Phi) is 7.00. The summed E-state index contributed by atoms with van der Waals surface area (Å²) < 4.78 is 6.33. The van der Waals surface area contributed by atoms with Gasteiger partial charge in [0.05, 0.1) is 5.75 Å². The van der Waals surface area contributed by atoms with E-state index in [4.69, 9.17) is 4.74 Å². The summed E-state index contributed by atoms with van der Waals surface area (Å²) in [4.78, 5) is 24.5. The van der Waals surface area contributed by atoms with Crippen LogP contribution in [0, 0.1) is 13.8 Å². The number of aryl methyl sites for hydroxylation is 2. The lowest BCUT2D eigenvalue weighted by Gasteiger charge is -2.14. The molecule has 0 aliphatic rings. The number of benzene rings is 2. The van der Waals surface area contributed by atoms with Crippen LogP contribution in [0.15, 0.2) is 52.9 Å². The molecular formula is C21H21N3O3S2. The van der Waals surface area contributed by atoms with Gasteiger partial charge in [-0.3, -0.25) is 14.9 Å². The number of nitrogens with one attached hydrogen (secondary N) is 1. The highest BCUT2D eigenvalue weighted by Gasteiger charge is 2.18. The number of hydrogen-bond acceptors (Lipinski definition) is 7. The summed E-state index contributed by atoms with van der Waals surface area (Å²) in [7, 11) is 0. The summed E-state index contributed by atoms with van der Waals surface area (Å²) in [5.41, 5.74) is 2.93. The van der Waals surface area contributed by atoms with E-state index in [1.165, 1.54) is 28.7 Å². The minimum atomic E-state index is -0.684. The Morgan fingerprint density at radius 2 is 1.86 bits per heavy atom. The highest BCUT2D eigenvalue weighted by atomic mass is 32.2. The van der Waals surface area contributed by atoms with Crippen molar-refractivity contribution in [2.75, 3.05) is 11.1 Å². The van der Waals surface area contributed by atoms with E-state index in [2.05, 4.69) is 15.5 Å². The Bertz CT molecular complexity index is 1010. The fourth-order valence-corrected chi connectivity index (χ4v) is 4.05. The molecule has 2 aromatic carbocycles. The van der Waals surface area contributed by atoms with Gasteiger partial charge in [-0.25, -0.2) is 0 Å². The molecule has 8 heteroatoms. The third-order valence-corrected chi connectivity index (χ3v) is 6.19. The smallest absolute Gasteiger partial charge is 0.266 e. The van der Waals surface area contributed by atoms with Crippen molar-refractivity contribution in [2.45, 2.75) is 31.2 Å². The molecule has 0 bridgehead atoms. The lowest BCUT2D eigenvalue weighted by atomic mass is 10.1. The predicted molar refractivity (Wildman–Crippen MR) is 116 cm³/mol. The highest BCUT2D eigenvalue weighted by molar-refractivity contribution is 8.01. The number of nitrogens with zero attached hydrogens (tertiary/aromatic N) is 2. The molecule has 1 atom stereocenters. The van der Waals surface area contributed by atoms with Crippen LogP contribution >= 0.6 is 23.1 Å². The summed E-state index contributed by atoms with van der Waals surface area (Å²) in [6.07, 6.45) is -0.684. The van der Waals surface area contributed by atoms with Gasteiger partial charge in [0.25, 0.3) is 5.91 Å². The normalized spacial score (nSPS) is 11.7. The molecule has 0 aliphatic carbocycles. The molecule has 0 saturated heterocycles. The van der Waals surface area contributed by atoms with Gasteiger partial charge >= 0.3 is 0 Å². The van der Waals surface area contributed by atoms with Crippen LogP contribution < -0.4 is 10.1 Å². The van der Waals surface area contributed by atoms with Crippen molar-refractivity contribution in [1.29, 1.82) is 0 Å². The number of ether oxygens (including phenoxy) is 1. The minimum absolute atomic E-state index is 0.0202. The second kappa shape index (κ2) is 9.67. The van der Waals surface area contributed by atoms with Gasteiger partial charge in [-0.2, -0.15) is 0 Å². The number of aromatic nitrogens is 2. The first kappa shape index (κ1) is 21.0. The first-order valence-electron chi connectivity index (χ1n) is 9.01. The number of carbonyl (C=O) groups is 2. The molecule has 1 amide bonds. The molecule has 1 aromatic heterocycles. The summed E-state index contributed by atoms with van der Waals surface area (Å²) in [6, 6.07) is 14.8. The Hall–Kier alpha value is -2.71. The minimum Gasteiger partial charge on any atom is -0.481 e. The predicted octanol–water partition coefficient (Wildman–Crippen LogP) is 4.54. The van der Waals surface area contributed by atoms with E-state index in [1.807, 2.05) is 50.2 Å². The second-order valence-electron chi connectivity index (χ2n) is 6.45. The maximum Gasteiger partial charge on any atom is 0.266 e. The van der Waals surface area contributed by atoms with Gasteiger partial charge in [0.15, 0.2) is 16.2 Å². The van der Waals surface area contributed by atoms with Gasteiger partial charge in [0.1, 0.15) is 5.75 Å². The van der Waals surface area contributed by atoms with Gasteiger partial charge < -0.3 is 4.74 Å². The van der Waals surface area contributed by atoms with E-state index in [9.17, 15) is 9.59 Å². The van der Waals surface area contributed by atoms with E-state index < -0.39 is 6.10 Å². The Morgan fingerprint density at radius 1 is 1.10 bits per heavy atom. The molecule has 6 nitrogen and oxygen atoms in total. The van der Waals surface area contributed by atoms with Gasteiger partial charge in [-0.15, -0.1) is 10.2 Å². The highest BCUT2D eigenvalue weighted by Crippen LogP contribution is 2.26. The third kappa shape index (κ3) is 5.88. The number of carbonyl (C=O) groups excluding carboxylic acids is 2. The molecule has 150 valence electrons. The number of Topliss-reactive ketones (excluding diaryl/α,β-unsaturated/α-hetero) is 1. The SMILES string of the molecule is Cc1ccc(O[C@@H](C)C(=O)Nc2nnc(SCC(=O)c3ccccc3)s2)cc1C. The molecule has 1 N–H and O–H groups in total. The molecule has 0 saturated carbocycles. The summed E-state index contributed by atoms with van der Waals surface area (Å²) >= 11 is 2.53. The van der Waals surface area contributed by atoms with Crippen LogP contribution in [0.2, 0.25) is 0 Å². The van der Waals surface area contributed by atoms with E-state index in [0.717, 1.165) is 5.56 Å². The molecule has 0 unspecified atom stereocenters. The largest absolute Gasteiger partial charge is 0.481 e. The molecule has 3 aromatic rings. The average molecular weight is 428 g/mol.